The lowest BCUT2D eigenvalue weighted by Gasteiger charge is -2.11. The molecule has 28 heavy (non-hydrogen) atoms. The second kappa shape index (κ2) is 9.82. The van der Waals surface area contributed by atoms with Crippen LogP contribution in [0, 0.1) is 0 Å². The van der Waals surface area contributed by atoms with Crippen molar-refractivity contribution in [3.63, 3.8) is 0 Å². The number of rotatable bonds is 5. The van der Waals surface area contributed by atoms with Crippen LogP contribution in [0.1, 0.15) is 16.3 Å². The Kier molecular flexibility index (Phi) is 7.74. The van der Waals surface area contributed by atoms with Crippen LogP contribution in [0.25, 0.3) is 5.69 Å². The van der Waals surface area contributed by atoms with Crippen molar-refractivity contribution in [1.82, 2.24) is 30.4 Å². The first-order valence-corrected chi connectivity index (χ1v) is 8.74. The van der Waals surface area contributed by atoms with Gasteiger partial charge in [-0.1, -0.05) is 12.1 Å². The van der Waals surface area contributed by atoms with Gasteiger partial charge in [0.1, 0.15) is 17.7 Å². The van der Waals surface area contributed by atoms with E-state index in [4.69, 9.17) is 0 Å². The van der Waals surface area contributed by atoms with Crippen molar-refractivity contribution in [2.24, 2.45) is 4.99 Å². The summed E-state index contributed by atoms with van der Waals surface area (Å²) in [4.78, 5) is 11.5. The molecular weight excluding hydrogens is 506 g/mol. The highest BCUT2D eigenvalue weighted by molar-refractivity contribution is 14.0. The van der Waals surface area contributed by atoms with Crippen molar-refractivity contribution >= 4 is 41.3 Å². The minimum absolute atomic E-state index is 0. The van der Waals surface area contributed by atoms with E-state index < -0.39 is 11.9 Å². The summed E-state index contributed by atoms with van der Waals surface area (Å²) in [5.74, 6) is 0.471. The molecule has 0 atom stereocenters. The highest BCUT2D eigenvalue weighted by Crippen LogP contribution is 2.29. The van der Waals surface area contributed by atoms with E-state index in [2.05, 4.69) is 30.7 Å². The molecule has 1 aromatic carbocycles. The number of hydrogen-bond acceptors (Lipinski definition) is 5. The zero-order chi connectivity index (χ0) is 19.3. The van der Waals surface area contributed by atoms with E-state index in [0.29, 0.717) is 17.5 Å². The minimum Gasteiger partial charge on any atom is -0.352 e. The van der Waals surface area contributed by atoms with Crippen LogP contribution in [0.4, 0.5) is 13.2 Å². The van der Waals surface area contributed by atoms with Gasteiger partial charge in [0.15, 0.2) is 11.7 Å². The summed E-state index contributed by atoms with van der Waals surface area (Å²) < 4.78 is 39.4. The Bertz CT molecular complexity index is 892. The average Bonchev–Trinajstić information content (AvgIpc) is 3.34. The van der Waals surface area contributed by atoms with Gasteiger partial charge in [0.05, 0.1) is 12.2 Å². The highest BCUT2D eigenvalue weighted by Gasteiger charge is 2.33. The van der Waals surface area contributed by atoms with Gasteiger partial charge in [0, 0.05) is 19.0 Å². The number of thiazole rings is 1. The van der Waals surface area contributed by atoms with Crippen molar-refractivity contribution in [2.75, 3.05) is 7.05 Å². The van der Waals surface area contributed by atoms with Crippen LogP contribution in [0.2, 0.25) is 0 Å². The minimum atomic E-state index is -4.42. The Morgan fingerprint density at radius 1 is 1.18 bits per heavy atom. The van der Waals surface area contributed by atoms with Crippen molar-refractivity contribution in [3.8, 4) is 5.69 Å². The molecule has 3 aromatic rings. The average molecular weight is 523 g/mol. The van der Waals surface area contributed by atoms with Crippen molar-refractivity contribution in [1.29, 1.82) is 0 Å². The number of hydrogen-bond donors (Lipinski definition) is 2. The molecule has 0 aliphatic rings. The Balaban J connectivity index is 0.00000280. The lowest BCUT2D eigenvalue weighted by Crippen LogP contribution is -2.36. The quantitative estimate of drug-likeness (QED) is 0.305. The maximum atomic E-state index is 12.6. The molecule has 0 radical (unpaired) electrons. The lowest BCUT2D eigenvalue weighted by atomic mass is 10.2. The molecule has 0 aliphatic heterocycles. The smallest absolute Gasteiger partial charge is 0.352 e. The Morgan fingerprint density at radius 3 is 2.46 bits per heavy atom. The van der Waals surface area contributed by atoms with E-state index in [1.165, 1.54) is 6.33 Å². The molecule has 0 saturated carbocycles. The fourth-order valence-electron chi connectivity index (χ4n) is 2.20. The third-order valence-electron chi connectivity index (χ3n) is 3.55. The summed E-state index contributed by atoms with van der Waals surface area (Å²) in [7, 11) is 1.59. The van der Waals surface area contributed by atoms with Crippen LogP contribution in [-0.2, 0) is 19.3 Å². The molecule has 0 saturated heterocycles. The molecule has 0 spiro atoms. The second-order valence-electron chi connectivity index (χ2n) is 5.41. The van der Waals surface area contributed by atoms with Crippen LogP contribution in [0.15, 0.2) is 47.3 Å². The third-order valence-corrected chi connectivity index (χ3v) is 4.40. The number of nitrogens with zero attached hydrogens (tertiary/aromatic N) is 5. The largest absolute Gasteiger partial charge is 0.434 e. The van der Waals surface area contributed by atoms with E-state index in [0.717, 1.165) is 28.0 Å². The molecule has 0 unspecified atom stereocenters. The van der Waals surface area contributed by atoms with Crippen LogP contribution < -0.4 is 10.6 Å². The van der Waals surface area contributed by atoms with Crippen LogP contribution in [0.3, 0.4) is 0 Å². The van der Waals surface area contributed by atoms with Crippen LogP contribution in [-0.4, -0.2) is 32.8 Å². The molecular formula is C16H17F3IN7S. The highest BCUT2D eigenvalue weighted by atomic mass is 127. The summed E-state index contributed by atoms with van der Waals surface area (Å²) in [5.41, 5.74) is 1.03. The predicted octanol–water partition coefficient (Wildman–Crippen LogP) is 3.23. The van der Waals surface area contributed by atoms with Crippen molar-refractivity contribution in [3.05, 3.63) is 58.6 Å². The SMILES string of the molecule is CN=C(NCc1ccc(-n2cncn2)cc1)NCc1nc(C(F)(F)F)cs1.I. The van der Waals surface area contributed by atoms with E-state index in [1.54, 1.807) is 18.1 Å². The van der Waals surface area contributed by atoms with Crippen molar-refractivity contribution < 1.29 is 13.2 Å². The van der Waals surface area contributed by atoms with Gasteiger partial charge in [0.25, 0.3) is 0 Å². The van der Waals surface area contributed by atoms with Gasteiger partial charge < -0.3 is 10.6 Å². The number of halogens is 4. The topological polar surface area (TPSA) is 80.0 Å². The second-order valence-corrected chi connectivity index (χ2v) is 6.35. The van der Waals surface area contributed by atoms with Gasteiger partial charge >= 0.3 is 6.18 Å². The first kappa shape index (κ1) is 22.1. The molecule has 2 N–H and O–H groups in total. The normalized spacial score (nSPS) is 11.8. The van der Waals surface area contributed by atoms with Gasteiger partial charge in [-0.3, -0.25) is 4.99 Å². The summed E-state index contributed by atoms with van der Waals surface area (Å²) in [5, 5.41) is 11.5. The molecule has 0 bridgehead atoms. The number of guanidine groups is 1. The zero-order valence-corrected chi connectivity index (χ0v) is 17.8. The zero-order valence-electron chi connectivity index (χ0n) is 14.6. The van der Waals surface area contributed by atoms with Gasteiger partial charge in [-0.25, -0.2) is 14.6 Å². The number of alkyl halides is 3. The number of aliphatic imine (C=N–C) groups is 1. The Hall–Kier alpha value is -2.22. The molecule has 150 valence electrons. The number of benzene rings is 1. The molecule has 0 fully saturated rings. The van der Waals surface area contributed by atoms with Crippen molar-refractivity contribution in [2.45, 2.75) is 19.3 Å². The maximum Gasteiger partial charge on any atom is 0.434 e. The molecule has 0 aliphatic carbocycles. The molecule has 0 amide bonds. The number of aromatic nitrogens is 4. The van der Waals surface area contributed by atoms with Gasteiger partial charge in [-0.05, 0) is 17.7 Å². The summed E-state index contributed by atoms with van der Waals surface area (Å²) in [6, 6.07) is 7.70. The first-order valence-electron chi connectivity index (χ1n) is 7.86. The summed E-state index contributed by atoms with van der Waals surface area (Å²) >= 11 is 0.954. The first-order chi connectivity index (χ1) is 13.0. The monoisotopic (exact) mass is 523 g/mol. The van der Waals surface area contributed by atoms with E-state index in [-0.39, 0.29) is 30.5 Å². The van der Waals surface area contributed by atoms with Gasteiger partial charge in [0.2, 0.25) is 0 Å². The Morgan fingerprint density at radius 2 is 1.89 bits per heavy atom. The van der Waals surface area contributed by atoms with Crippen LogP contribution in [0.5, 0.6) is 0 Å². The molecule has 2 aromatic heterocycles. The number of nitrogens with one attached hydrogen (secondary N) is 2. The standard InChI is InChI=1S/C16H16F3N7S.HI/c1-20-15(23-7-14-25-13(8-27-14)16(17,18)19)22-6-11-2-4-12(5-3-11)26-10-21-9-24-26;/h2-5,8-10H,6-7H2,1H3,(H2,20,22,23);1H. The summed E-state index contributed by atoms with van der Waals surface area (Å²) in [6.07, 6.45) is -1.35. The van der Waals surface area contributed by atoms with E-state index in [1.807, 2.05) is 24.3 Å². The Labute approximate surface area is 180 Å². The van der Waals surface area contributed by atoms with Gasteiger partial charge in [-0.2, -0.15) is 18.3 Å². The lowest BCUT2D eigenvalue weighted by molar-refractivity contribution is -0.140. The summed E-state index contributed by atoms with van der Waals surface area (Å²) in [6.45, 7) is 0.661. The fraction of sp³-hybridized carbons (Fsp3) is 0.250. The molecule has 2 heterocycles. The van der Waals surface area contributed by atoms with Crippen LogP contribution >= 0.6 is 35.3 Å². The third kappa shape index (κ3) is 5.89. The fourth-order valence-corrected chi connectivity index (χ4v) is 2.94. The molecule has 12 heteroatoms. The predicted molar refractivity (Wildman–Crippen MR) is 111 cm³/mol. The van der Waals surface area contributed by atoms with E-state index in [9.17, 15) is 13.2 Å². The van der Waals surface area contributed by atoms with E-state index >= 15 is 0 Å². The maximum absolute atomic E-state index is 12.6. The van der Waals surface area contributed by atoms with Gasteiger partial charge in [-0.15, -0.1) is 35.3 Å². The molecule has 7 nitrogen and oxygen atoms in total. The molecule has 3 rings (SSSR count).